The molecule has 0 aliphatic carbocycles. The molecule has 10 heteroatoms. The Morgan fingerprint density at radius 2 is 1.88 bits per heavy atom. The SMILES string of the molecule is CCc1nccn1CCCNS(=O)(=O)c1ccc2[nH]c(=O)c(=O)[nH]c2c1. The number of sulfonamides is 1. The zero-order valence-corrected chi connectivity index (χ0v) is 15.0. The number of aromatic nitrogens is 4. The maximum atomic E-state index is 12.4. The van der Waals surface area contributed by atoms with Gasteiger partial charge in [0.1, 0.15) is 5.82 Å². The van der Waals surface area contributed by atoms with Gasteiger partial charge in [0, 0.05) is 31.9 Å². The van der Waals surface area contributed by atoms with E-state index in [1.165, 1.54) is 18.2 Å². The zero-order chi connectivity index (χ0) is 18.7. The molecule has 0 aliphatic rings. The first-order valence-corrected chi connectivity index (χ1v) is 9.65. The van der Waals surface area contributed by atoms with Crippen LogP contribution < -0.4 is 15.8 Å². The summed E-state index contributed by atoms with van der Waals surface area (Å²) < 4.78 is 29.4. The van der Waals surface area contributed by atoms with Crippen molar-refractivity contribution in [3.63, 3.8) is 0 Å². The van der Waals surface area contributed by atoms with E-state index in [9.17, 15) is 18.0 Å². The van der Waals surface area contributed by atoms with Crippen molar-refractivity contribution in [1.29, 1.82) is 0 Å². The Bertz CT molecular complexity index is 1140. The third-order valence-corrected chi connectivity index (χ3v) is 5.45. The summed E-state index contributed by atoms with van der Waals surface area (Å²) in [5, 5.41) is 0. The Morgan fingerprint density at radius 3 is 2.62 bits per heavy atom. The Balaban J connectivity index is 1.70. The van der Waals surface area contributed by atoms with Gasteiger partial charge in [-0.3, -0.25) is 9.59 Å². The third kappa shape index (κ3) is 3.75. The lowest BCUT2D eigenvalue weighted by molar-refractivity contribution is 0.565. The molecule has 0 spiro atoms. The van der Waals surface area contributed by atoms with Crippen LogP contribution in [0.4, 0.5) is 0 Å². The minimum absolute atomic E-state index is 0.0181. The molecule has 3 rings (SSSR count). The Labute approximate surface area is 149 Å². The van der Waals surface area contributed by atoms with Gasteiger partial charge in [0.05, 0.1) is 15.9 Å². The number of nitrogens with zero attached hydrogens (tertiary/aromatic N) is 2. The number of fused-ring (bicyclic) bond motifs is 1. The molecule has 3 N–H and O–H groups in total. The van der Waals surface area contributed by atoms with Crippen molar-refractivity contribution in [1.82, 2.24) is 24.2 Å². The van der Waals surface area contributed by atoms with Crippen LogP contribution in [0.3, 0.4) is 0 Å². The molecule has 0 radical (unpaired) electrons. The van der Waals surface area contributed by atoms with Gasteiger partial charge in [-0.2, -0.15) is 0 Å². The first-order valence-electron chi connectivity index (χ1n) is 8.17. The average molecular weight is 377 g/mol. The Kier molecular flexibility index (Phi) is 5.05. The first-order chi connectivity index (χ1) is 12.4. The van der Waals surface area contributed by atoms with Crippen LogP contribution in [0.15, 0.2) is 45.1 Å². The molecular weight excluding hydrogens is 358 g/mol. The lowest BCUT2D eigenvalue weighted by Gasteiger charge is -2.09. The summed E-state index contributed by atoms with van der Waals surface area (Å²) in [6.07, 6.45) is 5.02. The van der Waals surface area contributed by atoms with Gasteiger partial charge in [-0.25, -0.2) is 18.1 Å². The number of rotatable bonds is 7. The highest BCUT2D eigenvalue weighted by molar-refractivity contribution is 7.89. The molecule has 2 heterocycles. The van der Waals surface area contributed by atoms with Crippen molar-refractivity contribution in [3.8, 4) is 0 Å². The van der Waals surface area contributed by atoms with Crippen molar-refractivity contribution in [2.45, 2.75) is 31.2 Å². The second-order valence-electron chi connectivity index (χ2n) is 5.76. The van der Waals surface area contributed by atoms with E-state index in [4.69, 9.17) is 0 Å². The molecule has 0 saturated heterocycles. The van der Waals surface area contributed by atoms with Crippen molar-refractivity contribution >= 4 is 21.1 Å². The van der Waals surface area contributed by atoms with Crippen LogP contribution in [0.1, 0.15) is 19.2 Å². The van der Waals surface area contributed by atoms with Gasteiger partial charge in [-0.15, -0.1) is 0 Å². The van der Waals surface area contributed by atoms with Gasteiger partial charge in [0.15, 0.2) is 0 Å². The van der Waals surface area contributed by atoms with E-state index in [2.05, 4.69) is 19.7 Å². The van der Waals surface area contributed by atoms with Crippen LogP contribution in [-0.2, 0) is 23.0 Å². The summed E-state index contributed by atoms with van der Waals surface area (Å²) in [5.41, 5.74) is -0.992. The molecule has 0 amide bonds. The van der Waals surface area contributed by atoms with Crippen molar-refractivity contribution in [2.24, 2.45) is 0 Å². The van der Waals surface area contributed by atoms with Gasteiger partial charge in [0.2, 0.25) is 10.0 Å². The van der Waals surface area contributed by atoms with Crippen LogP contribution in [-0.4, -0.2) is 34.5 Å². The summed E-state index contributed by atoms with van der Waals surface area (Å²) in [4.78, 5) is 31.7. The van der Waals surface area contributed by atoms with Crippen molar-refractivity contribution in [3.05, 3.63) is 57.1 Å². The molecule has 0 unspecified atom stereocenters. The molecule has 0 aliphatic heterocycles. The van der Waals surface area contributed by atoms with Crippen molar-refractivity contribution < 1.29 is 8.42 Å². The number of aromatic amines is 2. The Morgan fingerprint density at radius 1 is 1.15 bits per heavy atom. The van der Waals surface area contributed by atoms with E-state index < -0.39 is 21.1 Å². The number of aryl methyl sites for hydroxylation is 2. The fourth-order valence-electron chi connectivity index (χ4n) is 2.66. The first kappa shape index (κ1) is 18.1. The predicted molar refractivity (Wildman–Crippen MR) is 96.6 cm³/mol. The second-order valence-corrected chi connectivity index (χ2v) is 7.52. The molecule has 0 bridgehead atoms. The minimum atomic E-state index is -3.72. The van der Waals surface area contributed by atoms with Crippen LogP contribution in [0.2, 0.25) is 0 Å². The maximum absolute atomic E-state index is 12.4. The predicted octanol–water partition coefficient (Wildman–Crippen LogP) is 0.344. The summed E-state index contributed by atoms with van der Waals surface area (Å²) >= 11 is 0. The standard InChI is InChI=1S/C16H19N5O4S/c1-2-14-17-7-9-21(14)8-3-6-18-26(24,25)11-4-5-12-13(10-11)20-16(23)15(22)19-12/h4-5,7,9-10,18H,2-3,6,8H2,1H3,(H,19,22)(H,20,23). The molecule has 0 atom stereocenters. The molecule has 0 fully saturated rings. The number of nitrogens with one attached hydrogen (secondary N) is 3. The smallest absolute Gasteiger partial charge is 0.314 e. The van der Waals surface area contributed by atoms with Crippen molar-refractivity contribution in [2.75, 3.05) is 6.54 Å². The average Bonchev–Trinajstić information content (AvgIpc) is 3.07. The third-order valence-electron chi connectivity index (χ3n) is 3.99. The molecule has 0 saturated carbocycles. The van der Waals surface area contributed by atoms with Crippen LogP contribution in [0.25, 0.3) is 11.0 Å². The van der Waals surface area contributed by atoms with Gasteiger partial charge in [-0.05, 0) is 24.6 Å². The number of hydrogen-bond acceptors (Lipinski definition) is 5. The number of benzene rings is 1. The fraction of sp³-hybridized carbons (Fsp3) is 0.312. The number of imidazole rings is 1. The van der Waals surface area contributed by atoms with Crippen LogP contribution in [0, 0.1) is 0 Å². The van der Waals surface area contributed by atoms with Gasteiger partial charge in [-0.1, -0.05) is 6.92 Å². The zero-order valence-electron chi connectivity index (χ0n) is 14.2. The molecular formula is C16H19N5O4S. The largest absolute Gasteiger partial charge is 0.335 e. The second kappa shape index (κ2) is 7.26. The molecule has 3 aromatic rings. The highest BCUT2D eigenvalue weighted by Gasteiger charge is 2.14. The monoisotopic (exact) mass is 377 g/mol. The summed E-state index contributed by atoms with van der Waals surface area (Å²) in [5.74, 6) is 0.959. The molecule has 9 nitrogen and oxygen atoms in total. The highest BCUT2D eigenvalue weighted by Crippen LogP contribution is 2.14. The van der Waals surface area contributed by atoms with Gasteiger partial charge < -0.3 is 14.5 Å². The molecule has 2 aromatic heterocycles. The van der Waals surface area contributed by atoms with E-state index in [0.717, 1.165) is 12.2 Å². The quantitative estimate of drug-likeness (QED) is 0.404. The van der Waals surface area contributed by atoms with Gasteiger partial charge in [0.25, 0.3) is 0 Å². The van der Waals surface area contributed by atoms with E-state index in [1.54, 1.807) is 6.20 Å². The Hall–Kier alpha value is -2.72. The summed E-state index contributed by atoms with van der Waals surface area (Å²) in [7, 11) is -3.72. The summed E-state index contributed by atoms with van der Waals surface area (Å²) in [6, 6.07) is 4.14. The summed E-state index contributed by atoms with van der Waals surface area (Å²) in [6.45, 7) is 2.95. The topological polar surface area (TPSA) is 130 Å². The fourth-order valence-corrected chi connectivity index (χ4v) is 3.76. The molecule has 1 aromatic carbocycles. The highest BCUT2D eigenvalue weighted by atomic mass is 32.2. The number of hydrogen-bond donors (Lipinski definition) is 3. The molecule has 26 heavy (non-hydrogen) atoms. The maximum Gasteiger partial charge on any atom is 0.314 e. The molecule has 138 valence electrons. The van der Waals surface area contributed by atoms with E-state index in [0.29, 0.717) is 18.5 Å². The lowest BCUT2D eigenvalue weighted by atomic mass is 10.3. The minimum Gasteiger partial charge on any atom is -0.335 e. The lowest BCUT2D eigenvalue weighted by Crippen LogP contribution is -2.29. The van der Waals surface area contributed by atoms with E-state index >= 15 is 0 Å². The number of H-pyrrole nitrogens is 2. The van der Waals surface area contributed by atoms with E-state index in [-0.39, 0.29) is 17.0 Å². The van der Waals surface area contributed by atoms with Gasteiger partial charge >= 0.3 is 11.1 Å². The van der Waals surface area contributed by atoms with E-state index in [1.807, 2.05) is 17.7 Å². The normalized spacial score (nSPS) is 11.9. The van der Waals surface area contributed by atoms with Crippen LogP contribution >= 0.6 is 0 Å². The van der Waals surface area contributed by atoms with Crippen LogP contribution in [0.5, 0.6) is 0 Å².